The summed E-state index contributed by atoms with van der Waals surface area (Å²) < 4.78 is 7.19. The van der Waals surface area contributed by atoms with E-state index in [1.807, 2.05) is 54.7 Å². The zero-order valence-electron chi connectivity index (χ0n) is 16.9. The number of benzene rings is 3. The Morgan fingerprint density at radius 3 is 2.61 bits per heavy atom. The van der Waals surface area contributed by atoms with Gasteiger partial charge in [0.15, 0.2) is 0 Å². The Morgan fingerprint density at radius 1 is 1.10 bits per heavy atom. The van der Waals surface area contributed by atoms with Crippen LogP contribution in [0.4, 0.5) is 0 Å². The molecule has 152 valence electrons. The molecule has 0 saturated heterocycles. The van der Waals surface area contributed by atoms with Crippen molar-refractivity contribution in [2.45, 2.75) is 6.54 Å². The second-order valence-electron chi connectivity index (χ2n) is 6.93. The lowest BCUT2D eigenvalue weighted by Gasteiger charge is -2.07. The molecular formula is C25H20N4O2. The van der Waals surface area contributed by atoms with Crippen molar-refractivity contribution < 1.29 is 9.53 Å². The van der Waals surface area contributed by atoms with Crippen LogP contribution >= 0.6 is 0 Å². The zero-order valence-corrected chi connectivity index (χ0v) is 16.9. The van der Waals surface area contributed by atoms with Crippen LogP contribution < -0.4 is 10.2 Å². The minimum absolute atomic E-state index is 0.300. The molecule has 0 unspecified atom stereocenters. The molecule has 31 heavy (non-hydrogen) atoms. The molecule has 3 aromatic carbocycles. The highest BCUT2D eigenvalue weighted by atomic mass is 16.5. The first-order valence-electron chi connectivity index (χ1n) is 9.73. The molecule has 6 heteroatoms. The van der Waals surface area contributed by atoms with Crippen LogP contribution in [0.2, 0.25) is 0 Å². The van der Waals surface area contributed by atoms with Gasteiger partial charge in [-0.25, -0.2) is 5.43 Å². The quantitative estimate of drug-likeness (QED) is 0.381. The van der Waals surface area contributed by atoms with E-state index in [0.717, 1.165) is 22.0 Å². The third-order valence-electron chi connectivity index (χ3n) is 5.02. The second kappa shape index (κ2) is 8.97. The maximum absolute atomic E-state index is 12.3. The Kier molecular flexibility index (Phi) is 5.77. The van der Waals surface area contributed by atoms with Gasteiger partial charge in [0.05, 0.1) is 25.0 Å². The topological polar surface area (TPSA) is 79.4 Å². The third kappa shape index (κ3) is 4.31. The van der Waals surface area contributed by atoms with E-state index in [1.165, 1.54) is 0 Å². The zero-order chi connectivity index (χ0) is 21.6. The molecule has 4 rings (SSSR count). The number of para-hydroxylation sites is 1. The molecule has 6 nitrogen and oxygen atoms in total. The van der Waals surface area contributed by atoms with Crippen molar-refractivity contribution in [3.05, 3.63) is 101 Å². The van der Waals surface area contributed by atoms with Crippen LogP contribution in [0, 0.1) is 11.3 Å². The molecule has 0 saturated carbocycles. The fourth-order valence-corrected chi connectivity index (χ4v) is 3.43. The first kappa shape index (κ1) is 19.9. The highest BCUT2D eigenvalue weighted by Gasteiger charge is 2.10. The molecule has 1 amide bonds. The summed E-state index contributed by atoms with van der Waals surface area (Å²) in [6, 6.07) is 24.6. The monoisotopic (exact) mass is 408 g/mol. The molecule has 0 fully saturated rings. The molecule has 0 aliphatic rings. The number of carbonyl (C=O) groups is 1. The van der Waals surface area contributed by atoms with Crippen LogP contribution in [0.1, 0.15) is 27.0 Å². The molecule has 0 atom stereocenters. The largest absolute Gasteiger partial charge is 0.497 e. The maximum atomic E-state index is 12.3. The van der Waals surface area contributed by atoms with Gasteiger partial charge in [-0.05, 0) is 42.0 Å². The number of methoxy groups -OCH3 is 1. The Hall–Kier alpha value is -4.37. The highest BCUT2D eigenvalue weighted by Crippen LogP contribution is 2.22. The van der Waals surface area contributed by atoms with Gasteiger partial charge in [-0.3, -0.25) is 4.79 Å². The lowest BCUT2D eigenvalue weighted by Crippen LogP contribution is -2.17. The van der Waals surface area contributed by atoms with E-state index >= 15 is 0 Å². The van der Waals surface area contributed by atoms with Crippen molar-refractivity contribution in [2.24, 2.45) is 5.10 Å². The van der Waals surface area contributed by atoms with Crippen LogP contribution in [-0.2, 0) is 6.54 Å². The first-order valence-corrected chi connectivity index (χ1v) is 9.73. The molecule has 0 aliphatic heterocycles. The van der Waals surface area contributed by atoms with Gasteiger partial charge in [0.2, 0.25) is 0 Å². The number of hydrogen-bond donors (Lipinski definition) is 1. The van der Waals surface area contributed by atoms with Crippen LogP contribution in [0.25, 0.3) is 10.9 Å². The third-order valence-corrected chi connectivity index (χ3v) is 5.02. The normalized spacial score (nSPS) is 10.8. The van der Waals surface area contributed by atoms with Crippen molar-refractivity contribution in [2.75, 3.05) is 7.11 Å². The maximum Gasteiger partial charge on any atom is 0.271 e. The van der Waals surface area contributed by atoms with Crippen molar-refractivity contribution in [1.82, 2.24) is 9.99 Å². The Labute approximate surface area is 180 Å². The Morgan fingerprint density at radius 2 is 1.84 bits per heavy atom. The summed E-state index contributed by atoms with van der Waals surface area (Å²) in [5, 5.41) is 14.5. The van der Waals surface area contributed by atoms with Gasteiger partial charge in [-0.2, -0.15) is 10.4 Å². The van der Waals surface area contributed by atoms with Crippen molar-refractivity contribution in [3.8, 4) is 11.8 Å². The molecule has 0 radical (unpaired) electrons. The summed E-state index contributed by atoms with van der Waals surface area (Å²) in [5.74, 6) is 0.386. The number of nitriles is 1. The minimum Gasteiger partial charge on any atom is -0.497 e. The average Bonchev–Trinajstić information content (AvgIpc) is 3.17. The summed E-state index contributed by atoms with van der Waals surface area (Å²) in [7, 11) is 1.58. The lowest BCUT2D eigenvalue weighted by molar-refractivity contribution is 0.0955. The summed E-state index contributed by atoms with van der Waals surface area (Å²) >= 11 is 0. The van der Waals surface area contributed by atoms with Gasteiger partial charge in [0.25, 0.3) is 5.91 Å². The van der Waals surface area contributed by atoms with Gasteiger partial charge in [0, 0.05) is 34.8 Å². The van der Waals surface area contributed by atoms with Gasteiger partial charge in [-0.15, -0.1) is 0 Å². The van der Waals surface area contributed by atoms with E-state index in [4.69, 9.17) is 4.74 Å². The molecule has 0 spiro atoms. The number of fused-ring (bicyclic) bond motifs is 1. The predicted octanol–water partition coefficient (Wildman–Crippen LogP) is 4.33. The fraction of sp³-hybridized carbons (Fsp3) is 0.0800. The summed E-state index contributed by atoms with van der Waals surface area (Å²) in [6.07, 6.45) is 3.61. The van der Waals surface area contributed by atoms with Crippen molar-refractivity contribution >= 4 is 23.0 Å². The average molecular weight is 408 g/mol. The molecule has 0 bridgehead atoms. The lowest BCUT2D eigenvalue weighted by atomic mass is 10.1. The van der Waals surface area contributed by atoms with E-state index in [-0.39, 0.29) is 5.91 Å². The van der Waals surface area contributed by atoms with Crippen LogP contribution in [0.15, 0.2) is 84.1 Å². The van der Waals surface area contributed by atoms with Gasteiger partial charge >= 0.3 is 0 Å². The van der Waals surface area contributed by atoms with Crippen LogP contribution in [0.3, 0.4) is 0 Å². The number of hydrogen-bond acceptors (Lipinski definition) is 4. The number of ether oxygens (including phenoxy) is 1. The van der Waals surface area contributed by atoms with Crippen LogP contribution in [0.5, 0.6) is 5.75 Å². The number of nitrogens with zero attached hydrogens (tertiary/aromatic N) is 3. The molecule has 1 heterocycles. The summed E-state index contributed by atoms with van der Waals surface area (Å²) in [4.78, 5) is 12.3. The number of carbonyl (C=O) groups excluding carboxylic acids is 1. The molecule has 1 N–H and O–H groups in total. The number of rotatable bonds is 6. The summed E-state index contributed by atoms with van der Waals surface area (Å²) in [5.41, 5.74) is 6.56. The van der Waals surface area contributed by atoms with Crippen molar-refractivity contribution in [3.63, 3.8) is 0 Å². The van der Waals surface area contributed by atoms with Gasteiger partial charge in [-0.1, -0.05) is 36.4 Å². The number of hydrazone groups is 1. The molecule has 0 aliphatic carbocycles. The molecule has 1 aromatic heterocycles. The molecule has 4 aromatic rings. The number of aromatic nitrogens is 1. The van der Waals surface area contributed by atoms with Gasteiger partial charge < -0.3 is 9.30 Å². The first-order chi connectivity index (χ1) is 15.2. The van der Waals surface area contributed by atoms with E-state index in [2.05, 4.69) is 21.2 Å². The van der Waals surface area contributed by atoms with Crippen LogP contribution in [-0.4, -0.2) is 23.8 Å². The standard InChI is InChI=1S/C25H20N4O2/c1-31-22-12-10-18(11-13-22)25(30)28-27-15-21-17-29(24-9-5-4-8-23(21)24)16-20-7-3-2-6-19(20)14-26/h2-13,15,17H,16H2,1H3,(H,28,30)/b27-15-. The highest BCUT2D eigenvalue weighted by molar-refractivity contribution is 6.00. The minimum atomic E-state index is -0.300. The molecular weight excluding hydrogens is 388 g/mol. The number of amides is 1. The van der Waals surface area contributed by atoms with Crippen molar-refractivity contribution in [1.29, 1.82) is 5.26 Å². The fourth-order valence-electron chi connectivity index (χ4n) is 3.43. The Bertz CT molecular complexity index is 1300. The van der Waals surface area contributed by atoms with E-state index < -0.39 is 0 Å². The number of nitrogens with one attached hydrogen (secondary N) is 1. The SMILES string of the molecule is COc1ccc(C(=O)N/N=C\c2cn(Cc3ccccc3C#N)c3ccccc23)cc1. The smallest absolute Gasteiger partial charge is 0.271 e. The van der Waals surface area contributed by atoms with E-state index in [0.29, 0.717) is 23.4 Å². The van der Waals surface area contributed by atoms with E-state index in [9.17, 15) is 10.1 Å². The second-order valence-corrected chi connectivity index (χ2v) is 6.93. The summed E-state index contributed by atoms with van der Waals surface area (Å²) in [6.45, 7) is 0.566. The Balaban J connectivity index is 1.56. The van der Waals surface area contributed by atoms with E-state index in [1.54, 1.807) is 37.6 Å². The van der Waals surface area contributed by atoms with Gasteiger partial charge in [0.1, 0.15) is 5.75 Å². The predicted molar refractivity (Wildman–Crippen MR) is 120 cm³/mol.